The molecule has 14 heavy (non-hydrogen) atoms. The van der Waals surface area contributed by atoms with Gasteiger partial charge in [-0.15, -0.1) is 0 Å². The number of halogens is 3. The molecule has 1 rings (SSSR count). The Bertz CT molecular complexity index is 386. The minimum absolute atomic E-state index is 0.528. The topological polar surface area (TPSA) is 51.9 Å². The number of aryl methyl sites for hydroxylation is 1. The maximum atomic E-state index is 12.4. The Morgan fingerprint density at radius 2 is 2.07 bits per heavy atom. The normalized spacial score (nSPS) is 11.8. The van der Waals surface area contributed by atoms with Gasteiger partial charge in [0, 0.05) is 0 Å². The van der Waals surface area contributed by atoms with Crippen molar-refractivity contribution in [3.05, 3.63) is 16.3 Å². The highest BCUT2D eigenvalue weighted by molar-refractivity contribution is 6.71. The van der Waals surface area contributed by atoms with Gasteiger partial charge in [0.15, 0.2) is 6.20 Å². The molecule has 0 N–H and O–H groups in total. The number of aromatic nitrogens is 2. The number of nitrogens with zero attached hydrogens (tertiary/aromatic N) is 3. The molecule has 0 radical (unpaired) electrons. The van der Waals surface area contributed by atoms with E-state index in [1.165, 1.54) is 0 Å². The molecule has 0 saturated carbocycles. The number of hydrogen-bond acceptors (Lipinski definition) is 2. The molecule has 1 aromatic heterocycles. The molecule has 0 bridgehead atoms. The summed E-state index contributed by atoms with van der Waals surface area (Å²) in [6.07, 6.45) is 0.838. The van der Waals surface area contributed by atoms with Crippen LogP contribution in [0.15, 0.2) is 6.20 Å². The third-order valence-corrected chi connectivity index (χ3v) is 1.84. The van der Waals surface area contributed by atoms with E-state index in [1.807, 2.05) is 0 Å². The van der Waals surface area contributed by atoms with Crippen LogP contribution in [0.4, 0.5) is 18.8 Å². The van der Waals surface area contributed by atoms with E-state index in [2.05, 4.69) is 0 Å². The lowest BCUT2D eigenvalue weighted by Crippen LogP contribution is -2.58. The lowest BCUT2D eigenvalue weighted by molar-refractivity contribution is -0.655. The summed E-state index contributed by atoms with van der Waals surface area (Å²) >= 11 is 0. The average molecular weight is 209 g/mol. The summed E-state index contributed by atoms with van der Waals surface area (Å²) in [6, 6.07) is 0. The van der Waals surface area contributed by atoms with Gasteiger partial charge in [-0.2, -0.15) is 0 Å². The van der Waals surface area contributed by atoms with Gasteiger partial charge in [-0.25, -0.2) is 4.57 Å². The van der Waals surface area contributed by atoms with E-state index in [4.69, 9.17) is 0 Å². The molecule has 1 aromatic rings. The summed E-state index contributed by atoms with van der Waals surface area (Å²) in [7, 11) is 2.14. The van der Waals surface area contributed by atoms with Crippen LogP contribution < -0.4 is 10.3 Å². The highest BCUT2D eigenvalue weighted by atomic mass is 19.4. The van der Waals surface area contributed by atoms with Crippen LogP contribution in [0.5, 0.6) is 0 Å². The molecule has 78 valence electrons. The molecule has 0 aliphatic rings. The monoisotopic (exact) mass is 209 g/mol. The molecule has 0 saturated heterocycles. The van der Waals surface area contributed by atoms with Crippen LogP contribution in [0.2, 0.25) is 0 Å². The summed E-state index contributed by atoms with van der Waals surface area (Å²) in [5.74, 6) is -0.582. The Morgan fingerprint density at radius 3 is 2.29 bits per heavy atom. The highest BCUT2D eigenvalue weighted by Gasteiger charge is 2.40. The van der Waals surface area contributed by atoms with Crippen LogP contribution >= 0.6 is 0 Å². The second-order valence-corrected chi connectivity index (χ2v) is 2.85. The first kappa shape index (κ1) is 10.5. The molecular formula is C5H7BF3N3O2. The van der Waals surface area contributed by atoms with Crippen LogP contribution in [-0.2, 0) is 14.1 Å². The lowest BCUT2D eigenvalue weighted by atomic mass is 9.90. The molecule has 0 amide bonds. The van der Waals surface area contributed by atoms with E-state index in [9.17, 15) is 23.1 Å². The van der Waals surface area contributed by atoms with Crippen molar-refractivity contribution in [3.8, 4) is 0 Å². The minimum atomic E-state index is -5.24. The molecule has 0 fully saturated rings. The summed E-state index contributed by atoms with van der Waals surface area (Å²) in [4.78, 5) is 9.47. The quantitative estimate of drug-likeness (QED) is 0.293. The highest BCUT2D eigenvalue weighted by Crippen LogP contribution is 2.11. The second kappa shape index (κ2) is 3.00. The first-order valence-electron chi connectivity index (χ1n) is 3.64. The van der Waals surface area contributed by atoms with E-state index >= 15 is 0 Å². The van der Waals surface area contributed by atoms with Gasteiger partial charge >= 0.3 is 12.8 Å². The predicted molar refractivity (Wildman–Crippen MR) is 42.0 cm³/mol. The van der Waals surface area contributed by atoms with Crippen molar-refractivity contribution < 1.29 is 22.4 Å². The number of nitro groups is 1. The standard InChI is InChI=1S/C5H7BF3N3O2/c1-10-3-4(12(13)14)11(2)5(10)6(7,8)9/h3H,1-2H3. The van der Waals surface area contributed by atoms with E-state index in [1.54, 1.807) is 0 Å². The van der Waals surface area contributed by atoms with Crippen LogP contribution in [0.3, 0.4) is 0 Å². The first-order valence-corrected chi connectivity index (χ1v) is 3.64. The fourth-order valence-corrected chi connectivity index (χ4v) is 1.30. The van der Waals surface area contributed by atoms with Gasteiger partial charge in [-0.3, -0.25) is 4.57 Å². The van der Waals surface area contributed by atoms with Crippen molar-refractivity contribution in [3.63, 3.8) is 0 Å². The molecule has 1 heterocycles. The second-order valence-electron chi connectivity index (χ2n) is 2.85. The molecule has 0 spiro atoms. The fraction of sp³-hybridized carbons (Fsp3) is 0.400. The molecule has 0 aromatic carbocycles. The zero-order chi connectivity index (χ0) is 11.1. The zero-order valence-electron chi connectivity index (χ0n) is 7.45. The Labute approximate surface area is 77.0 Å². The maximum Gasteiger partial charge on any atom is 0.589 e. The molecule has 5 nitrogen and oxygen atoms in total. The van der Waals surface area contributed by atoms with Crippen molar-refractivity contribution in [2.24, 2.45) is 14.1 Å². The van der Waals surface area contributed by atoms with Gasteiger partial charge in [0.1, 0.15) is 0 Å². The minimum Gasteiger partial charge on any atom is -0.440 e. The number of hydrogen-bond donors (Lipinski definition) is 0. The SMILES string of the molecule is Cn1c([N+](=O)[O-])c[n+](C)c1[B-](F)(F)F. The van der Waals surface area contributed by atoms with Crippen LogP contribution in [0, 0.1) is 10.1 Å². The van der Waals surface area contributed by atoms with Crippen LogP contribution in [0.25, 0.3) is 0 Å². The van der Waals surface area contributed by atoms with E-state index in [0.717, 1.165) is 20.3 Å². The summed E-state index contributed by atoms with van der Waals surface area (Å²) in [5, 5.41) is 10.3. The molecule has 0 aliphatic carbocycles. The fourth-order valence-electron chi connectivity index (χ4n) is 1.30. The Kier molecular flexibility index (Phi) is 2.26. The van der Waals surface area contributed by atoms with Crippen molar-refractivity contribution in [1.29, 1.82) is 0 Å². The maximum absolute atomic E-state index is 12.4. The molecule has 0 aliphatic heterocycles. The van der Waals surface area contributed by atoms with E-state index in [0.29, 0.717) is 9.13 Å². The van der Waals surface area contributed by atoms with Gasteiger partial charge in [0.25, 0.3) is 0 Å². The molecule has 0 unspecified atom stereocenters. The van der Waals surface area contributed by atoms with Crippen molar-refractivity contribution in [2.45, 2.75) is 0 Å². The molecule has 9 heteroatoms. The Hall–Kier alpha value is -1.54. The predicted octanol–water partition coefficient (Wildman–Crippen LogP) is -0.188. The zero-order valence-corrected chi connectivity index (χ0v) is 7.45. The number of imidazole rings is 1. The van der Waals surface area contributed by atoms with Gasteiger partial charge in [-0.05, 0) is 4.92 Å². The average Bonchev–Trinajstić information content (AvgIpc) is 2.24. The van der Waals surface area contributed by atoms with E-state index in [-0.39, 0.29) is 0 Å². The Morgan fingerprint density at radius 1 is 1.57 bits per heavy atom. The summed E-state index contributed by atoms with van der Waals surface area (Å²) in [5.41, 5.74) is -1.00. The van der Waals surface area contributed by atoms with Crippen molar-refractivity contribution in [2.75, 3.05) is 0 Å². The smallest absolute Gasteiger partial charge is 0.440 e. The number of rotatable bonds is 2. The van der Waals surface area contributed by atoms with Crippen LogP contribution in [-0.4, -0.2) is 16.5 Å². The third kappa shape index (κ3) is 1.57. The molecular weight excluding hydrogens is 202 g/mol. The van der Waals surface area contributed by atoms with Gasteiger partial charge in [0.2, 0.25) is 5.72 Å². The van der Waals surface area contributed by atoms with Crippen LogP contribution in [0.1, 0.15) is 0 Å². The largest absolute Gasteiger partial charge is 0.589 e. The van der Waals surface area contributed by atoms with Crippen molar-refractivity contribution in [1.82, 2.24) is 4.57 Å². The van der Waals surface area contributed by atoms with Crippen molar-refractivity contribution >= 4 is 18.5 Å². The van der Waals surface area contributed by atoms with Gasteiger partial charge < -0.3 is 23.1 Å². The van der Waals surface area contributed by atoms with Gasteiger partial charge in [-0.1, -0.05) is 0 Å². The summed E-state index contributed by atoms with van der Waals surface area (Å²) < 4.78 is 38.4. The first-order chi connectivity index (χ1) is 6.25. The summed E-state index contributed by atoms with van der Waals surface area (Å²) in [6.45, 7) is -5.24. The Balaban J connectivity index is 3.40. The van der Waals surface area contributed by atoms with E-state index < -0.39 is 23.4 Å². The third-order valence-electron chi connectivity index (χ3n) is 1.84. The lowest BCUT2D eigenvalue weighted by Gasteiger charge is -2.10. The van der Waals surface area contributed by atoms with Gasteiger partial charge in [0.05, 0.1) is 14.1 Å². The molecule has 0 atom stereocenters.